The van der Waals surface area contributed by atoms with Gasteiger partial charge in [-0.05, 0) is 49.7 Å². The molecule has 23 heavy (non-hydrogen) atoms. The van der Waals surface area contributed by atoms with Crippen molar-refractivity contribution in [3.63, 3.8) is 0 Å². The van der Waals surface area contributed by atoms with Crippen molar-refractivity contribution in [2.75, 3.05) is 6.54 Å². The monoisotopic (exact) mass is 334 g/mol. The van der Waals surface area contributed by atoms with Crippen molar-refractivity contribution in [1.82, 2.24) is 9.62 Å². The van der Waals surface area contributed by atoms with Crippen LogP contribution in [-0.2, 0) is 14.8 Å². The number of rotatable bonds is 5. The average Bonchev–Trinajstić information content (AvgIpc) is 3.42. The lowest BCUT2D eigenvalue weighted by Gasteiger charge is -2.20. The third kappa shape index (κ3) is 2.52. The molecule has 6 nitrogen and oxygen atoms in total. The molecule has 0 bridgehead atoms. The molecule has 3 aliphatic rings. The third-order valence-electron chi connectivity index (χ3n) is 4.79. The highest BCUT2D eigenvalue weighted by atomic mass is 32.2. The normalized spacial score (nSPS) is 22.3. The first-order chi connectivity index (χ1) is 11.0. The van der Waals surface area contributed by atoms with Crippen molar-refractivity contribution in [2.24, 2.45) is 11.8 Å². The fourth-order valence-electron chi connectivity index (χ4n) is 3.28. The van der Waals surface area contributed by atoms with Crippen molar-refractivity contribution in [2.45, 2.75) is 36.6 Å². The van der Waals surface area contributed by atoms with Crippen LogP contribution in [0.15, 0.2) is 29.2 Å². The fraction of sp³-hybridized carbons (Fsp3) is 0.500. The van der Waals surface area contributed by atoms with Crippen LogP contribution in [0.1, 0.15) is 36.0 Å². The molecule has 4 rings (SSSR count). The Bertz CT molecular complexity index is 769. The van der Waals surface area contributed by atoms with Gasteiger partial charge in [0.1, 0.15) is 11.4 Å². The number of benzene rings is 1. The highest BCUT2D eigenvalue weighted by Gasteiger charge is 2.44. The van der Waals surface area contributed by atoms with Gasteiger partial charge in [0.05, 0.1) is 5.56 Å². The quantitative estimate of drug-likeness (QED) is 0.875. The van der Waals surface area contributed by atoms with E-state index in [-0.39, 0.29) is 16.5 Å². The van der Waals surface area contributed by atoms with Gasteiger partial charge in [0.15, 0.2) is 0 Å². The number of hydrogen-bond acceptors (Lipinski definition) is 4. The molecule has 0 saturated heterocycles. The van der Waals surface area contributed by atoms with Gasteiger partial charge in [0.25, 0.3) is 15.9 Å². The Morgan fingerprint density at radius 3 is 2.35 bits per heavy atom. The predicted octanol–water partition coefficient (Wildman–Crippen LogP) is 1.14. The van der Waals surface area contributed by atoms with E-state index in [4.69, 9.17) is 0 Å². The SMILES string of the molecule is O=C(CN1C(=O)c2ccccc2S1(=O)=O)NC(C1CC1)C1CC1. The Balaban J connectivity index is 1.50. The van der Waals surface area contributed by atoms with Gasteiger partial charge in [-0.3, -0.25) is 9.59 Å². The number of nitrogens with zero attached hydrogens (tertiary/aromatic N) is 1. The first-order valence-corrected chi connectivity index (χ1v) is 9.38. The first-order valence-electron chi connectivity index (χ1n) is 7.94. The average molecular weight is 334 g/mol. The molecule has 1 N–H and O–H groups in total. The van der Waals surface area contributed by atoms with Crippen molar-refractivity contribution in [3.8, 4) is 0 Å². The molecule has 0 radical (unpaired) electrons. The molecule has 1 aromatic rings. The van der Waals surface area contributed by atoms with Crippen molar-refractivity contribution in [1.29, 1.82) is 0 Å². The van der Waals surface area contributed by atoms with Gasteiger partial charge in [-0.1, -0.05) is 12.1 Å². The molecule has 1 heterocycles. The number of carbonyl (C=O) groups is 2. The van der Waals surface area contributed by atoms with Crippen LogP contribution in [0.5, 0.6) is 0 Å². The van der Waals surface area contributed by atoms with Crippen LogP contribution in [0, 0.1) is 11.8 Å². The minimum absolute atomic E-state index is 0.0151. The van der Waals surface area contributed by atoms with Crippen LogP contribution in [0.25, 0.3) is 0 Å². The van der Waals surface area contributed by atoms with E-state index < -0.39 is 28.4 Å². The zero-order valence-electron chi connectivity index (χ0n) is 12.6. The second kappa shape index (κ2) is 5.06. The van der Waals surface area contributed by atoms with Crippen LogP contribution in [0.4, 0.5) is 0 Å². The Hall–Kier alpha value is -1.89. The molecule has 2 saturated carbocycles. The van der Waals surface area contributed by atoms with Gasteiger partial charge in [0, 0.05) is 6.04 Å². The first kappa shape index (κ1) is 14.7. The van der Waals surface area contributed by atoms with E-state index in [0.29, 0.717) is 16.1 Å². The number of sulfonamides is 1. The second-order valence-electron chi connectivity index (χ2n) is 6.58. The Kier molecular flexibility index (Phi) is 3.23. The van der Waals surface area contributed by atoms with E-state index in [1.165, 1.54) is 12.1 Å². The largest absolute Gasteiger partial charge is 0.351 e. The summed E-state index contributed by atoms with van der Waals surface area (Å²) in [6, 6.07) is 6.21. The van der Waals surface area contributed by atoms with E-state index in [9.17, 15) is 18.0 Å². The van der Waals surface area contributed by atoms with Gasteiger partial charge in [-0.15, -0.1) is 0 Å². The summed E-state index contributed by atoms with van der Waals surface area (Å²) in [6.45, 7) is -0.439. The number of carbonyl (C=O) groups excluding carboxylic acids is 2. The number of fused-ring (bicyclic) bond motifs is 1. The minimum atomic E-state index is -3.91. The number of nitrogens with one attached hydrogen (secondary N) is 1. The lowest BCUT2D eigenvalue weighted by atomic mass is 10.1. The summed E-state index contributed by atoms with van der Waals surface area (Å²) in [5.74, 6) is 0.0349. The standard InChI is InChI=1S/C16H18N2O4S/c19-14(17-15(10-5-6-10)11-7-8-11)9-18-16(20)12-3-1-2-4-13(12)23(18,21)22/h1-4,10-11,15H,5-9H2,(H,17,19). The zero-order valence-corrected chi connectivity index (χ0v) is 13.4. The predicted molar refractivity (Wildman–Crippen MR) is 82.0 cm³/mol. The minimum Gasteiger partial charge on any atom is -0.351 e. The summed E-state index contributed by atoms with van der Waals surface area (Å²) in [5.41, 5.74) is 0.140. The molecule has 0 spiro atoms. The maximum Gasteiger partial charge on any atom is 0.269 e. The van der Waals surface area contributed by atoms with Gasteiger partial charge in [-0.25, -0.2) is 12.7 Å². The Labute approximate surface area is 134 Å². The van der Waals surface area contributed by atoms with Crippen LogP contribution in [0.3, 0.4) is 0 Å². The molecule has 1 aromatic carbocycles. The van der Waals surface area contributed by atoms with Gasteiger partial charge >= 0.3 is 0 Å². The van der Waals surface area contributed by atoms with E-state index >= 15 is 0 Å². The van der Waals surface area contributed by atoms with Crippen LogP contribution < -0.4 is 5.32 Å². The molecule has 122 valence electrons. The summed E-state index contributed by atoms with van der Waals surface area (Å²) in [7, 11) is -3.91. The van der Waals surface area contributed by atoms with Gasteiger partial charge in [0.2, 0.25) is 5.91 Å². The molecule has 2 aliphatic carbocycles. The molecule has 1 aliphatic heterocycles. The maximum absolute atomic E-state index is 12.4. The molecule has 2 amide bonds. The Morgan fingerprint density at radius 1 is 1.17 bits per heavy atom. The van der Waals surface area contributed by atoms with Crippen LogP contribution in [-0.4, -0.2) is 37.1 Å². The molecular weight excluding hydrogens is 316 g/mol. The highest BCUT2D eigenvalue weighted by molar-refractivity contribution is 7.90. The highest BCUT2D eigenvalue weighted by Crippen LogP contribution is 2.44. The molecule has 0 unspecified atom stereocenters. The smallest absolute Gasteiger partial charge is 0.269 e. The maximum atomic E-state index is 12.4. The van der Waals surface area contributed by atoms with Gasteiger partial charge in [-0.2, -0.15) is 0 Å². The third-order valence-corrected chi connectivity index (χ3v) is 6.57. The Morgan fingerprint density at radius 2 is 1.78 bits per heavy atom. The van der Waals surface area contributed by atoms with Crippen molar-refractivity contribution >= 4 is 21.8 Å². The molecule has 0 aromatic heterocycles. The van der Waals surface area contributed by atoms with E-state index in [0.717, 1.165) is 25.7 Å². The molecule has 0 atom stereocenters. The molecule has 7 heteroatoms. The topological polar surface area (TPSA) is 83.6 Å². The van der Waals surface area contributed by atoms with Crippen molar-refractivity contribution in [3.05, 3.63) is 29.8 Å². The van der Waals surface area contributed by atoms with E-state index in [1.807, 2.05) is 0 Å². The summed E-state index contributed by atoms with van der Waals surface area (Å²) in [4.78, 5) is 24.6. The van der Waals surface area contributed by atoms with E-state index in [1.54, 1.807) is 12.1 Å². The lowest BCUT2D eigenvalue weighted by Crippen LogP contribution is -2.45. The second-order valence-corrected chi connectivity index (χ2v) is 8.41. The van der Waals surface area contributed by atoms with Gasteiger partial charge < -0.3 is 5.32 Å². The number of amides is 2. The van der Waals surface area contributed by atoms with Crippen LogP contribution in [0.2, 0.25) is 0 Å². The van der Waals surface area contributed by atoms with E-state index in [2.05, 4.69) is 5.32 Å². The summed E-state index contributed by atoms with van der Waals surface area (Å²) < 4.78 is 25.6. The number of hydrogen-bond donors (Lipinski definition) is 1. The molecular formula is C16H18N2O4S. The van der Waals surface area contributed by atoms with Crippen molar-refractivity contribution < 1.29 is 18.0 Å². The summed E-state index contributed by atoms with van der Waals surface area (Å²) in [5, 5.41) is 2.96. The lowest BCUT2D eigenvalue weighted by molar-refractivity contribution is -0.122. The summed E-state index contributed by atoms with van der Waals surface area (Å²) in [6.07, 6.45) is 4.48. The fourth-order valence-corrected chi connectivity index (χ4v) is 4.81. The molecule has 2 fully saturated rings. The van der Waals surface area contributed by atoms with Crippen LogP contribution >= 0.6 is 0 Å². The zero-order chi connectivity index (χ0) is 16.2. The summed E-state index contributed by atoms with van der Waals surface area (Å²) >= 11 is 0.